The normalized spacial score (nSPS) is 11.8. The molecule has 3 aromatic rings. The molecule has 0 fully saturated rings. The van der Waals surface area contributed by atoms with Gasteiger partial charge < -0.3 is 19.7 Å². The van der Waals surface area contributed by atoms with E-state index >= 15 is 0 Å². The van der Waals surface area contributed by atoms with Crippen LogP contribution in [0, 0.1) is 0 Å². The quantitative estimate of drug-likeness (QED) is 0.345. The molecule has 0 saturated heterocycles. The molecule has 3 rings (SSSR count). The molecule has 0 aromatic heterocycles. The van der Waals surface area contributed by atoms with E-state index < -0.39 is 28.5 Å². The van der Waals surface area contributed by atoms with Crippen molar-refractivity contribution in [1.82, 2.24) is 10.2 Å². The molecule has 0 aliphatic heterocycles. The summed E-state index contributed by atoms with van der Waals surface area (Å²) in [5.74, 6) is -0.186. The lowest BCUT2D eigenvalue weighted by Crippen LogP contribution is -2.52. The number of carbonyl (C=O) groups excluding carboxylic acids is 2. The van der Waals surface area contributed by atoms with Gasteiger partial charge in [0.05, 0.1) is 24.8 Å². The number of nitrogens with zero attached hydrogens (tertiary/aromatic N) is 2. The van der Waals surface area contributed by atoms with Gasteiger partial charge in [0.15, 0.2) is 11.5 Å². The maximum atomic E-state index is 14.0. The summed E-state index contributed by atoms with van der Waals surface area (Å²) in [4.78, 5) is 28.3. The molecule has 0 spiro atoms. The van der Waals surface area contributed by atoms with Crippen molar-refractivity contribution in [2.45, 2.75) is 37.8 Å². The van der Waals surface area contributed by atoms with Crippen LogP contribution in [0.2, 0.25) is 0 Å². The third kappa shape index (κ3) is 7.08. The summed E-state index contributed by atoms with van der Waals surface area (Å²) < 4.78 is 39.6. The zero-order valence-corrected chi connectivity index (χ0v) is 23.5. The molecular formula is C29H35N3O6S. The SMILES string of the molecule is CCNC(=O)[C@@H](CC)N(Cc1ccccc1)C(=O)CN(c1ccccc1)S(=O)(=O)c1ccc(OC)c(OC)c1. The van der Waals surface area contributed by atoms with Gasteiger partial charge in [-0.15, -0.1) is 0 Å². The van der Waals surface area contributed by atoms with Gasteiger partial charge in [0.2, 0.25) is 11.8 Å². The highest BCUT2D eigenvalue weighted by atomic mass is 32.2. The number of ether oxygens (including phenoxy) is 2. The minimum absolute atomic E-state index is 0.0674. The highest BCUT2D eigenvalue weighted by Gasteiger charge is 2.33. The third-order valence-corrected chi connectivity index (χ3v) is 7.97. The van der Waals surface area contributed by atoms with Crippen LogP contribution in [0.15, 0.2) is 83.8 Å². The Labute approximate surface area is 230 Å². The van der Waals surface area contributed by atoms with E-state index in [4.69, 9.17) is 9.47 Å². The van der Waals surface area contributed by atoms with Gasteiger partial charge >= 0.3 is 0 Å². The molecule has 0 aliphatic rings. The molecule has 0 bridgehead atoms. The number of carbonyl (C=O) groups is 2. The lowest BCUT2D eigenvalue weighted by molar-refractivity contribution is -0.140. The van der Waals surface area contributed by atoms with Gasteiger partial charge in [0.1, 0.15) is 12.6 Å². The maximum absolute atomic E-state index is 14.0. The largest absolute Gasteiger partial charge is 0.493 e. The first-order valence-electron chi connectivity index (χ1n) is 12.7. The van der Waals surface area contributed by atoms with Gasteiger partial charge in [-0.2, -0.15) is 0 Å². The minimum Gasteiger partial charge on any atom is -0.493 e. The zero-order chi connectivity index (χ0) is 28.4. The number of anilines is 1. The van der Waals surface area contributed by atoms with Crippen LogP contribution in [-0.4, -0.2) is 58.5 Å². The Hall–Kier alpha value is -4.05. The lowest BCUT2D eigenvalue weighted by Gasteiger charge is -2.33. The van der Waals surface area contributed by atoms with E-state index in [1.807, 2.05) is 37.3 Å². The molecule has 0 saturated carbocycles. The van der Waals surface area contributed by atoms with Crippen LogP contribution in [0.25, 0.3) is 0 Å². The molecule has 10 heteroatoms. The molecule has 2 amide bonds. The number of benzene rings is 3. The number of hydrogen-bond donors (Lipinski definition) is 1. The molecule has 3 aromatic carbocycles. The number of sulfonamides is 1. The Morgan fingerprint density at radius 3 is 2.05 bits per heavy atom. The van der Waals surface area contributed by atoms with E-state index in [0.717, 1.165) is 9.87 Å². The van der Waals surface area contributed by atoms with Gasteiger partial charge in [-0.05, 0) is 43.2 Å². The first-order valence-corrected chi connectivity index (χ1v) is 14.1. The predicted molar refractivity (Wildman–Crippen MR) is 150 cm³/mol. The van der Waals surface area contributed by atoms with E-state index in [9.17, 15) is 18.0 Å². The number of para-hydroxylation sites is 1. The Morgan fingerprint density at radius 1 is 0.872 bits per heavy atom. The van der Waals surface area contributed by atoms with Crippen LogP contribution < -0.4 is 19.1 Å². The topological polar surface area (TPSA) is 105 Å². The van der Waals surface area contributed by atoms with Crippen molar-refractivity contribution < 1.29 is 27.5 Å². The molecule has 0 aliphatic carbocycles. The molecule has 0 radical (unpaired) electrons. The Kier molecular flexibility index (Phi) is 10.3. The lowest BCUT2D eigenvalue weighted by atomic mass is 10.1. The number of hydrogen-bond acceptors (Lipinski definition) is 6. The second kappa shape index (κ2) is 13.7. The van der Waals surface area contributed by atoms with E-state index in [2.05, 4.69) is 5.32 Å². The molecule has 39 heavy (non-hydrogen) atoms. The average Bonchev–Trinajstić information content (AvgIpc) is 2.96. The second-order valence-corrected chi connectivity index (χ2v) is 10.6. The standard InChI is InChI=1S/C29H35N3O6S/c1-5-25(29(34)30-6-2)31(20-22-13-9-7-10-14-22)28(33)21-32(23-15-11-8-12-16-23)39(35,36)24-17-18-26(37-3)27(19-24)38-4/h7-19,25H,5-6,20-21H2,1-4H3,(H,30,34)/t25-/m1/s1. The summed E-state index contributed by atoms with van der Waals surface area (Å²) in [6.45, 7) is 3.67. The van der Waals surface area contributed by atoms with Crippen LogP contribution in [0.5, 0.6) is 11.5 Å². The zero-order valence-electron chi connectivity index (χ0n) is 22.7. The monoisotopic (exact) mass is 553 g/mol. The molecule has 0 unspecified atom stereocenters. The molecule has 1 N–H and O–H groups in total. The van der Waals surface area contributed by atoms with Gasteiger partial charge in [0, 0.05) is 19.2 Å². The minimum atomic E-state index is -4.23. The summed E-state index contributed by atoms with van der Waals surface area (Å²) in [6, 6.07) is 21.2. The van der Waals surface area contributed by atoms with Crippen molar-refractivity contribution in [1.29, 1.82) is 0 Å². The molecule has 208 valence electrons. The summed E-state index contributed by atoms with van der Waals surface area (Å²) in [5, 5.41) is 2.79. The van der Waals surface area contributed by atoms with Crippen LogP contribution in [-0.2, 0) is 26.2 Å². The van der Waals surface area contributed by atoms with Crippen molar-refractivity contribution in [3.05, 3.63) is 84.4 Å². The van der Waals surface area contributed by atoms with Crippen molar-refractivity contribution in [2.75, 3.05) is 31.6 Å². The Morgan fingerprint density at radius 2 is 1.49 bits per heavy atom. The van der Waals surface area contributed by atoms with E-state index in [0.29, 0.717) is 24.4 Å². The Balaban J connectivity index is 2.06. The van der Waals surface area contributed by atoms with E-state index in [-0.39, 0.29) is 23.1 Å². The molecule has 1 atom stereocenters. The molecule has 9 nitrogen and oxygen atoms in total. The van der Waals surface area contributed by atoms with Gasteiger partial charge in [-0.3, -0.25) is 13.9 Å². The summed E-state index contributed by atoms with van der Waals surface area (Å²) in [7, 11) is -1.35. The molecule has 0 heterocycles. The summed E-state index contributed by atoms with van der Waals surface area (Å²) in [5.41, 5.74) is 1.13. The fourth-order valence-corrected chi connectivity index (χ4v) is 5.65. The van der Waals surface area contributed by atoms with Crippen molar-refractivity contribution in [3.8, 4) is 11.5 Å². The van der Waals surface area contributed by atoms with Crippen LogP contribution in [0.4, 0.5) is 5.69 Å². The molecular weight excluding hydrogens is 518 g/mol. The smallest absolute Gasteiger partial charge is 0.264 e. The fraction of sp³-hybridized carbons (Fsp3) is 0.310. The average molecular weight is 554 g/mol. The van der Waals surface area contributed by atoms with E-state index in [1.165, 1.54) is 37.3 Å². The van der Waals surface area contributed by atoms with Gasteiger partial charge in [-0.25, -0.2) is 8.42 Å². The Bertz CT molecular complexity index is 1350. The fourth-order valence-electron chi connectivity index (χ4n) is 4.22. The first-order chi connectivity index (χ1) is 18.8. The van der Waals surface area contributed by atoms with E-state index in [1.54, 1.807) is 37.3 Å². The number of nitrogens with one attached hydrogen (secondary N) is 1. The summed E-state index contributed by atoms with van der Waals surface area (Å²) >= 11 is 0. The maximum Gasteiger partial charge on any atom is 0.264 e. The van der Waals surface area contributed by atoms with Crippen molar-refractivity contribution in [2.24, 2.45) is 0 Å². The number of methoxy groups -OCH3 is 2. The highest BCUT2D eigenvalue weighted by molar-refractivity contribution is 7.92. The van der Waals surface area contributed by atoms with Crippen molar-refractivity contribution >= 4 is 27.5 Å². The van der Waals surface area contributed by atoms with Gasteiger partial charge in [0.25, 0.3) is 10.0 Å². The number of rotatable bonds is 13. The third-order valence-electron chi connectivity index (χ3n) is 6.20. The first kappa shape index (κ1) is 29.5. The van der Waals surface area contributed by atoms with Crippen LogP contribution in [0.3, 0.4) is 0 Å². The number of likely N-dealkylation sites (N-methyl/N-ethyl adjacent to an activating group) is 1. The highest BCUT2D eigenvalue weighted by Crippen LogP contribution is 2.32. The van der Waals surface area contributed by atoms with Crippen molar-refractivity contribution in [3.63, 3.8) is 0 Å². The van der Waals surface area contributed by atoms with Gasteiger partial charge in [-0.1, -0.05) is 55.5 Å². The number of amides is 2. The predicted octanol–water partition coefficient (Wildman–Crippen LogP) is 3.84. The second-order valence-electron chi connectivity index (χ2n) is 8.69. The van der Waals surface area contributed by atoms with Crippen LogP contribution >= 0.6 is 0 Å². The van der Waals surface area contributed by atoms with Crippen LogP contribution in [0.1, 0.15) is 25.8 Å². The summed E-state index contributed by atoms with van der Waals surface area (Å²) in [6.07, 6.45) is 0.359.